The molecule has 4 nitrogen and oxygen atoms in total. The minimum atomic E-state index is -0.420. The van der Waals surface area contributed by atoms with Gasteiger partial charge >= 0.3 is 6.09 Å². The van der Waals surface area contributed by atoms with E-state index in [-0.39, 0.29) is 18.6 Å². The van der Waals surface area contributed by atoms with Crippen LogP contribution in [-0.2, 0) is 11.3 Å². The molecule has 0 aliphatic heterocycles. The molecule has 0 aromatic heterocycles. The van der Waals surface area contributed by atoms with Gasteiger partial charge in [-0.05, 0) is 24.4 Å². The summed E-state index contributed by atoms with van der Waals surface area (Å²) in [6, 6.07) is 9.53. The number of ether oxygens (including phenoxy) is 1. The molecule has 0 saturated carbocycles. The molecule has 0 spiro atoms. The maximum absolute atomic E-state index is 11.7. The van der Waals surface area contributed by atoms with Crippen molar-refractivity contribution in [1.29, 1.82) is 0 Å². The van der Waals surface area contributed by atoms with E-state index in [1.165, 1.54) is 0 Å². The fourth-order valence-corrected chi connectivity index (χ4v) is 1.73. The molecule has 0 aliphatic carbocycles. The number of hydrogen-bond donors (Lipinski definition) is 2. The first-order valence-corrected chi connectivity index (χ1v) is 6.47. The smallest absolute Gasteiger partial charge is 0.407 e. The van der Waals surface area contributed by atoms with Crippen LogP contribution in [0.5, 0.6) is 0 Å². The van der Waals surface area contributed by atoms with E-state index in [2.05, 4.69) is 11.9 Å². The second kappa shape index (κ2) is 8.32. The van der Waals surface area contributed by atoms with Crippen molar-refractivity contribution in [3.05, 3.63) is 48.6 Å². The summed E-state index contributed by atoms with van der Waals surface area (Å²) in [5.74, 6) is 0.160. The van der Waals surface area contributed by atoms with Crippen LogP contribution in [0.1, 0.15) is 18.9 Å². The highest BCUT2D eigenvalue weighted by Crippen LogP contribution is 2.08. The SMILES string of the molecule is C=C[C@H](C)C(CCN)NC(=O)OCc1ccccc1. The van der Waals surface area contributed by atoms with Gasteiger partial charge in [0.15, 0.2) is 0 Å². The Labute approximate surface area is 114 Å². The van der Waals surface area contributed by atoms with Crippen LogP contribution in [0.3, 0.4) is 0 Å². The number of carbonyl (C=O) groups is 1. The van der Waals surface area contributed by atoms with Gasteiger partial charge in [0.1, 0.15) is 6.61 Å². The van der Waals surface area contributed by atoms with Gasteiger partial charge in [0, 0.05) is 6.04 Å². The minimum absolute atomic E-state index is 0.0363. The van der Waals surface area contributed by atoms with E-state index in [0.29, 0.717) is 13.0 Å². The maximum Gasteiger partial charge on any atom is 0.407 e. The molecule has 19 heavy (non-hydrogen) atoms. The first kappa shape index (κ1) is 15.2. The van der Waals surface area contributed by atoms with Crippen LogP contribution < -0.4 is 11.1 Å². The summed E-state index contributed by atoms with van der Waals surface area (Å²) in [5, 5.41) is 2.83. The van der Waals surface area contributed by atoms with E-state index in [4.69, 9.17) is 10.5 Å². The lowest BCUT2D eigenvalue weighted by Gasteiger charge is -2.21. The zero-order valence-electron chi connectivity index (χ0n) is 11.3. The molecule has 0 heterocycles. The zero-order chi connectivity index (χ0) is 14.1. The lowest BCUT2D eigenvalue weighted by molar-refractivity contribution is 0.133. The maximum atomic E-state index is 11.7. The summed E-state index contributed by atoms with van der Waals surface area (Å²) in [5.41, 5.74) is 6.50. The van der Waals surface area contributed by atoms with Gasteiger partial charge in [-0.25, -0.2) is 4.79 Å². The average Bonchev–Trinajstić information content (AvgIpc) is 2.45. The third-order valence-corrected chi connectivity index (χ3v) is 3.00. The number of alkyl carbamates (subject to hydrolysis) is 1. The molecule has 4 heteroatoms. The predicted molar refractivity (Wildman–Crippen MR) is 76.6 cm³/mol. The fourth-order valence-electron chi connectivity index (χ4n) is 1.73. The highest BCUT2D eigenvalue weighted by molar-refractivity contribution is 5.67. The Morgan fingerprint density at radius 1 is 1.47 bits per heavy atom. The Balaban J connectivity index is 2.42. The predicted octanol–water partition coefficient (Wildman–Crippen LogP) is 2.45. The third-order valence-electron chi connectivity index (χ3n) is 3.00. The number of nitrogens with one attached hydrogen (secondary N) is 1. The van der Waals surface area contributed by atoms with Crippen LogP contribution in [0.25, 0.3) is 0 Å². The lowest BCUT2D eigenvalue weighted by atomic mass is 9.99. The quantitative estimate of drug-likeness (QED) is 0.742. The molecule has 104 valence electrons. The van der Waals surface area contributed by atoms with Crippen molar-refractivity contribution in [2.45, 2.75) is 26.0 Å². The molecule has 1 amide bonds. The molecule has 0 aliphatic rings. The van der Waals surface area contributed by atoms with E-state index >= 15 is 0 Å². The molecule has 1 aromatic carbocycles. The highest BCUT2D eigenvalue weighted by Gasteiger charge is 2.17. The first-order chi connectivity index (χ1) is 9.17. The second-order valence-electron chi connectivity index (χ2n) is 4.48. The van der Waals surface area contributed by atoms with Crippen LogP contribution in [0.4, 0.5) is 4.79 Å². The van der Waals surface area contributed by atoms with Crippen LogP contribution in [0.15, 0.2) is 43.0 Å². The van der Waals surface area contributed by atoms with Crippen molar-refractivity contribution < 1.29 is 9.53 Å². The molecule has 0 radical (unpaired) electrons. The summed E-state index contributed by atoms with van der Waals surface area (Å²) in [6.07, 6.45) is 2.09. The molecule has 0 bridgehead atoms. The van der Waals surface area contributed by atoms with Crippen LogP contribution in [0.2, 0.25) is 0 Å². The molecular weight excluding hydrogens is 240 g/mol. The van der Waals surface area contributed by atoms with Crippen molar-refractivity contribution in [3.8, 4) is 0 Å². The van der Waals surface area contributed by atoms with Gasteiger partial charge in [0.2, 0.25) is 0 Å². The Bertz CT molecular complexity index is 392. The van der Waals surface area contributed by atoms with Gasteiger partial charge < -0.3 is 15.8 Å². The lowest BCUT2D eigenvalue weighted by Crippen LogP contribution is -2.40. The summed E-state index contributed by atoms with van der Waals surface area (Å²) in [7, 11) is 0. The van der Waals surface area contributed by atoms with Gasteiger partial charge in [-0.3, -0.25) is 0 Å². The number of benzene rings is 1. The zero-order valence-corrected chi connectivity index (χ0v) is 11.3. The first-order valence-electron chi connectivity index (χ1n) is 6.47. The van der Waals surface area contributed by atoms with Crippen molar-refractivity contribution in [3.63, 3.8) is 0 Å². The van der Waals surface area contributed by atoms with Gasteiger partial charge in [-0.1, -0.05) is 43.3 Å². The summed E-state index contributed by atoms with van der Waals surface area (Å²) in [6.45, 7) is 6.51. The standard InChI is InChI=1S/C15H22N2O2/c1-3-12(2)14(9-10-16)17-15(18)19-11-13-7-5-4-6-8-13/h3-8,12,14H,1,9-11,16H2,2H3,(H,17,18)/t12-,14?/m0/s1. The summed E-state index contributed by atoms with van der Waals surface area (Å²) < 4.78 is 5.17. The number of nitrogens with two attached hydrogens (primary N) is 1. The van der Waals surface area contributed by atoms with E-state index in [0.717, 1.165) is 5.56 Å². The van der Waals surface area contributed by atoms with Crippen LogP contribution in [0, 0.1) is 5.92 Å². The van der Waals surface area contributed by atoms with Crippen molar-refractivity contribution >= 4 is 6.09 Å². The average molecular weight is 262 g/mol. The Kier molecular flexibility index (Phi) is 6.68. The number of hydrogen-bond acceptors (Lipinski definition) is 3. The fraction of sp³-hybridized carbons (Fsp3) is 0.400. The Hall–Kier alpha value is -1.81. The van der Waals surface area contributed by atoms with Crippen molar-refractivity contribution in [2.75, 3.05) is 6.54 Å². The molecule has 0 saturated heterocycles. The third kappa shape index (κ3) is 5.57. The monoisotopic (exact) mass is 262 g/mol. The van der Waals surface area contributed by atoms with E-state index in [9.17, 15) is 4.79 Å². The Morgan fingerprint density at radius 3 is 2.74 bits per heavy atom. The van der Waals surface area contributed by atoms with Gasteiger partial charge in [0.25, 0.3) is 0 Å². The van der Waals surface area contributed by atoms with Crippen LogP contribution in [-0.4, -0.2) is 18.7 Å². The highest BCUT2D eigenvalue weighted by atomic mass is 16.5. The number of rotatable bonds is 7. The normalized spacial score (nSPS) is 13.4. The van der Waals surface area contributed by atoms with Crippen LogP contribution >= 0.6 is 0 Å². The minimum Gasteiger partial charge on any atom is -0.445 e. The number of amides is 1. The molecule has 1 aromatic rings. The van der Waals surface area contributed by atoms with E-state index < -0.39 is 6.09 Å². The molecular formula is C15H22N2O2. The van der Waals surface area contributed by atoms with Gasteiger partial charge in [0.05, 0.1) is 0 Å². The molecule has 1 rings (SSSR count). The molecule has 3 N–H and O–H groups in total. The largest absolute Gasteiger partial charge is 0.445 e. The molecule has 0 fully saturated rings. The molecule has 2 atom stereocenters. The number of carbonyl (C=O) groups excluding carboxylic acids is 1. The Morgan fingerprint density at radius 2 is 2.16 bits per heavy atom. The van der Waals surface area contributed by atoms with Gasteiger partial charge in [-0.2, -0.15) is 0 Å². The van der Waals surface area contributed by atoms with Crippen molar-refractivity contribution in [2.24, 2.45) is 11.7 Å². The van der Waals surface area contributed by atoms with Crippen molar-refractivity contribution in [1.82, 2.24) is 5.32 Å². The van der Waals surface area contributed by atoms with E-state index in [1.54, 1.807) is 6.08 Å². The summed E-state index contributed by atoms with van der Waals surface area (Å²) in [4.78, 5) is 11.7. The second-order valence-corrected chi connectivity index (χ2v) is 4.48. The summed E-state index contributed by atoms with van der Waals surface area (Å²) >= 11 is 0. The topological polar surface area (TPSA) is 64.3 Å². The van der Waals surface area contributed by atoms with Gasteiger partial charge in [-0.15, -0.1) is 6.58 Å². The molecule has 1 unspecified atom stereocenters. The van der Waals surface area contributed by atoms with E-state index in [1.807, 2.05) is 37.3 Å².